The normalized spacial score (nSPS) is 16.2. The second kappa shape index (κ2) is 8.42. The van der Waals surface area contributed by atoms with E-state index < -0.39 is 0 Å². The predicted octanol–water partition coefficient (Wildman–Crippen LogP) is 4.53. The van der Waals surface area contributed by atoms with Crippen LogP contribution in [0.4, 0.5) is 5.82 Å². The number of hydrogen-bond acceptors (Lipinski definition) is 4. The van der Waals surface area contributed by atoms with Gasteiger partial charge in [-0.2, -0.15) is 0 Å². The molecule has 1 aromatic heterocycles. The number of rotatable bonds is 7. The largest absolute Gasteiger partial charge is 0.351 e. The van der Waals surface area contributed by atoms with Crippen molar-refractivity contribution >= 4 is 22.6 Å². The molecule has 1 aliphatic heterocycles. The third-order valence-electron chi connectivity index (χ3n) is 6.11. The van der Waals surface area contributed by atoms with Gasteiger partial charge >= 0.3 is 0 Å². The Labute approximate surface area is 177 Å². The average molecular weight is 401 g/mol. The summed E-state index contributed by atoms with van der Waals surface area (Å²) in [6.07, 6.45) is 5.11. The molecule has 2 heterocycles. The number of nitrogens with zero attached hydrogens (tertiary/aromatic N) is 4. The van der Waals surface area contributed by atoms with Crippen molar-refractivity contribution in [1.82, 2.24) is 14.9 Å². The number of fused-ring (bicyclic) bond motifs is 1. The molecule has 1 saturated heterocycles. The molecule has 1 saturated carbocycles. The van der Waals surface area contributed by atoms with Crippen LogP contribution in [0.1, 0.15) is 49.4 Å². The van der Waals surface area contributed by atoms with Crippen molar-refractivity contribution in [2.45, 2.75) is 44.6 Å². The van der Waals surface area contributed by atoms with E-state index >= 15 is 0 Å². The minimum atomic E-state index is 0.256. The minimum Gasteiger partial charge on any atom is -0.351 e. The van der Waals surface area contributed by atoms with Crippen LogP contribution in [0.15, 0.2) is 54.6 Å². The van der Waals surface area contributed by atoms with Gasteiger partial charge in [0.2, 0.25) is 5.91 Å². The van der Waals surface area contributed by atoms with Crippen LogP contribution in [0.2, 0.25) is 0 Å². The van der Waals surface area contributed by atoms with Gasteiger partial charge < -0.3 is 9.80 Å². The summed E-state index contributed by atoms with van der Waals surface area (Å²) < 4.78 is 0. The van der Waals surface area contributed by atoms with Crippen LogP contribution >= 0.6 is 0 Å². The SMILES string of the molecule is O=C(CCN(Cc1ccccc1)c1nc(C2CC2)nc2ccccc12)N1CCCC1. The molecule has 1 amide bonds. The van der Waals surface area contributed by atoms with Gasteiger partial charge in [-0.3, -0.25) is 4.79 Å². The fourth-order valence-electron chi connectivity index (χ4n) is 4.26. The molecule has 2 fully saturated rings. The first-order valence-corrected chi connectivity index (χ1v) is 11.1. The molecule has 30 heavy (non-hydrogen) atoms. The van der Waals surface area contributed by atoms with Crippen LogP contribution < -0.4 is 4.90 Å². The molecule has 5 nitrogen and oxygen atoms in total. The van der Waals surface area contributed by atoms with E-state index in [0.717, 1.165) is 55.0 Å². The second-order valence-electron chi connectivity index (χ2n) is 8.44. The van der Waals surface area contributed by atoms with E-state index in [1.807, 2.05) is 23.1 Å². The van der Waals surface area contributed by atoms with Gasteiger partial charge in [0.05, 0.1) is 5.52 Å². The Morgan fingerprint density at radius 2 is 1.70 bits per heavy atom. The van der Waals surface area contributed by atoms with E-state index in [2.05, 4.69) is 41.3 Å². The Morgan fingerprint density at radius 3 is 2.47 bits per heavy atom. The molecule has 5 rings (SSSR count). The van der Waals surface area contributed by atoms with Crippen molar-refractivity contribution in [3.63, 3.8) is 0 Å². The molecule has 2 aromatic carbocycles. The van der Waals surface area contributed by atoms with Crippen LogP contribution in [0, 0.1) is 0 Å². The predicted molar refractivity (Wildman–Crippen MR) is 119 cm³/mol. The Kier molecular flexibility index (Phi) is 5.35. The quantitative estimate of drug-likeness (QED) is 0.585. The van der Waals surface area contributed by atoms with Gasteiger partial charge in [-0.15, -0.1) is 0 Å². The molecule has 0 bridgehead atoms. The smallest absolute Gasteiger partial charge is 0.224 e. The molecule has 1 aliphatic carbocycles. The summed E-state index contributed by atoms with van der Waals surface area (Å²) in [5.74, 6) is 2.65. The molecule has 2 aliphatic rings. The standard InChI is InChI=1S/C25H28N4O/c30-23(28-15-6-7-16-28)14-17-29(18-19-8-2-1-3-9-19)25-21-10-4-5-11-22(21)26-24(27-25)20-12-13-20/h1-5,8-11,20H,6-7,12-18H2. The number of aromatic nitrogens is 2. The highest BCUT2D eigenvalue weighted by atomic mass is 16.2. The van der Waals surface area contributed by atoms with E-state index in [-0.39, 0.29) is 5.91 Å². The molecule has 0 radical (unpaired) electrons. The summed E-state index contributed by atoms with van der Waals surface area (Å²) in [4.78, 5) is 26.9. The third kappa shape index (κ3) is 4.16. The summed E-state index contributed by atoms with van der Waals surface area (Å²) in [6, 6.07) is 18.7. The van der Waals surface area contributed by atoms with Gasteiger partial charge in [0, 0.05) is 43.9 Å². The maximum Gasteiger partial charge on any atom is 0.224 e. The van der Waals surface area contributed by atoms with Crippen molar-refractivity contribution in [2.75, 3.05) is 24.5 Å². The number of carbonyl (C=O) groups is 1. The zero-order chi connectivity index (χ0) is 20.3. The number of benzene rings is 2. The van der Waals surface area contributed by atoms with Crippen molar-refractivity contribution in [2.24, 2.45) is 0 Å². The van der Waals surface area contributed by atoms with E-state index in [0.29, 0.717) is 18.9 Å². The molecule has 154 valence electrons. The summed E-state index contributed by atoms with van der Waals surface area (Å²) in [7, 11) is 0. The van der Waals surface area contributed by atoms with Crippen molar-refractivity contribution in [3.8, 4) is 0 Å². The lowest BCUT2D eigenvalue weighted by atomic mass is 10.1. The van der Waals surface area contributed by atoms with Crippen molar-refractivity contribution in [3.05, 3.63) is 66.0 Å². The Hall–Kier alpha value is -2.95. The Bertz CT molecular complexity index is 1030. The molecule has 0 spiro atoms. The lowest BCUT2D eigenvalue weighted by Crippen LogP contribution is -2.33. The van der Waals surface area contributed by atoms with Crippen LogP contribution in [0.3, 0.4) is 0 Å². The average Bonchev–Trinajstić information content (AvgIpc) is 3.50. The van der Waals surface area contributed by atoms with Gasteiger partial charge in [0.25, 0.3) is 0 Å². The minimum absolute atomic E-state index is 0.256. The molecule has 5 heteroatoms. The first-order valence-electron chi connectivity index (χ1n) is 11.1. The summed E-state index contributed by atoms with van der Waals surface area (Å²) in [5.41, 5.74) is 2.22. The van der Waals surface area contributed by atoms with E-state index in [1.54, 1.807) is 0 Å². The van der Waals surface area contributed by atoms with E-state index in [1.165, 1.54) is 18.4 Å². The zero-order valence-electron chi connectivity index (χ0n) is 17.3. The van der Waals surface area contributed by atoms with Crippen molar-refractivity contribution < 1.29 is 4.79 Å². The van der Waals surface area contributed by atoms with Crippen LogP contribution in [0.5, 0.6) is 0 Å². The first-order chi connectivity index (χ1) is 14.8. The topological polar surface area (TPSA) is 49.3 Å². The number of para-hydroxylation sites is 1. The summed E-state index contributed by atoms with van der Waals surface area (Å²) >= 11 is 0. The lowest BCUT2D eigenvalue weighted by Gasteiger charge is -2.26. The number of anilines is 1. The fraction of sp³-hybridized carbons (Fsp3) is 0.400. The number of amides is 1. The molecule has 0 atom stereocenters. The van der Waals surface area contributed by atoms with Gasteiger partial charge in [-0.1, -0.05) is 42.5 Å². The fourth-order valence-corrected chi connectivity index (χ4v) is 4.26. The molecule has 3 aromatic rings. The van der Waals surface area contributed by atoms with Crippen LogP contribution in [-0.2, 0) is 11.3 Å². The number of carbonyl (C=O) groups excluding carboxylic acids is 1. The highest BCUT2D eigenvalue weighted by molar-refractivity contribution is 5.90. The van der Waals surface area contributed by atoms with Gasteiger partial charge in [0.1, 0.15) is 11.6 Å². The zero-order valence-corrected chi connectivity index (χ0v) is 17.3. The van der Waals surface area contributed by atoms with Crippen LogP contribution in [-0.4, -0.2) is 40.4 Å². The number of hydrogen-bond donors (Lipinski definition) is 0. The highest BCUT2D eigenvalue weighted by Crippen LogP contribution is 2.40. The van der Waals surface area contributed by atoms with Gasteiger partial charge in [-0.25, -0.2) is 9.97 Å². The van der Waals surface area contributed by atoms with Gasteiger partial charge in [-0.05, 0) is 43.4 Å². The third-order valence-corrected chi connectivity index (χ3v) is 6.11. The van der Waals surface area contributed by atoms with Gasteiger partial charge in [0.15, 0.2) is 0 Å². The highest BCUT2D eigenvalue weighted by Gasteiger charge is 2.28. The Morgan fingerprint density at radius 1 is 0.967 bits per heavy atom. The maximum absolute atomic E-state index is 12.7. The van der Waals surface area contributed by atoms with Crippen molar-refractivity contribution in [1.29, 1.82) is 0 Å². The maximum atomic E-state index is 12.7. The van der Waals surface area contributed by atoms with E-state index in [4.69, 9.17) is 9.97 Å². The first kappa shape index (κ1) is 19.0. The van der Waals surface area contributed by atoms with E-state index in [9.17, 15) is 4.79 Å². The number of likely N-dealkylation sites (tertiary alicyclic amines) is 1. The second-order valence-corrected chi connectivity index (χ2v) is 8.44. The monoisotopic (exact) mass is 400 g/mol. The molecule has 0 N–H and O–H groups in total. The molecular formula is C25H28N4O. The summed E-state index contributed by atoms with van der Waals surface area (Å²) in [5, 5.41) is 1.06. The lowest BCUT2D eigenvalue weighted by molar-refractivity contribution is -0.129. The molecule has 0 unspecified atom stereocenters. The molecular weight excluding hydrogens is 372 g/mol. The van der Waals surface area contributed by atoms with Crippen LogP contribution in [0.25, 0.3) is 10.9 Å². The Balaban J connectivity index is 1.48. The summed E-state index contributed by atoms with van der Waals surface area (Å²) in [6.45, 7) is 3.20.